The minimum absolute atomic E-state index is 0.0804. The maximum Gasteiger partial charge on any atom is 0.326 e. The van der Waals surface area contributed by atoms with E-state index < -0.39 is 33.1 Å². The number of esters is 1. The number of halogens is 1. The topological polar surface area (TPSA) is 107 Å². The smallest absolute Gasteiger partial charge is 0.326 e. The molecule has 1 aromatic carbocycles. The summed E-state index contributed by atoms with van der Waals surface area (Å²) in [5, 5.41) is 11.1. The summed E-state index contributed by atoms with van der Waals surface area (Å²) in [7, 11) is -3.90. The van der Waals surface area contributed by atoms with Crippen LogP contribution in [0.3, 0.4) is 0 Å². The van der Waals surface area contributed by atoms with Gasteiger partial charge >= 0.3 is 11.7 Å². The average molecular weight is 381 g/mol. The van der Waals surface area contributed by atoms with Crippen molar-refractivity contribution in [2.75, 3.05) is 23.7 Å². The third kappa shape index (κ3) is 4.39. The maximum absolute atomic E-state index is 11.8. The number of carbonyl (C=O) groups is 1. The molecule has 0 amide bonds. The summed E-state index contributed by atoms with van der Waals surface area (Å²) in [6.45, 7) is 1.02. The van der Waals surface area contributed by atoms with Crippen LogP contribution in [0.1, 0.15) is 6.92 Å². The fraction of sp³-hybridized carbons (Fsp3) is 0.364. The van der Waals surface area contributed by atoms with E-state index in [9.17, 15) is 23.3 Å². The number of nitrogens with zero attached hydrogens (tertiary/aromatic N) is 2. The highest BCUT2D eigenvalue weighted by Crippen LogP contribution is 2.36. The van der Waals surface area contributed by atoms with Crippen LogP contribution in [0, 0.1) is 10.1 Å². The summed E-state index contributed by atoms with van der Waals surface area (Å²) in [4.78, 5) is 21.9. The minimum Gasteiger partial charge on any atom is -0.465 e. The summed E-state index contributed by atoms with van der Waals surface area (Å²) >= 11 is 3.00. The van der Waals surface area contributed by atoms with Crippen LogP contribution in [-0.2, 0) is 19.6 Å². The van der Waals surface area contributed by atoms with E-state index in [1.54, 1.807) is 6.92 Å². The first-order valence-corrected chi connectivity index (χ1v) is 8.38. The van der Waals surface area contributed by atoms with Crippen LogP contribution in [0.25, 0.3) is 0 Å². The predicted octanol–water partition coefficient (Wildman–Crippen LogP) is 1.69. The number of hydrogen-bond acceptors (Lipinski definition) is 6. The number of benzene rings is 1. The molecule has 10 heteroatoms. The lowest BCUT2D eigenvalue weighted by molar-refractivity contribution is -0.384. The van der Waals surface area contributed by atoms with Crippen LogP contribution in [0.2, 0.25) is 0 Å². The molecule has 1 rings (SSSR count). The molecule has 0 saturated carbocycles. The fourth-order valence-corrected chi connectivity index (χ4v) is 2.94. The molecule has 0 fully saturated rings. The molecule has 0 aliphatic heterocycles. The SMILES string of the molecule is CCOC(=O)CN(c1cccc(Br)c1[N+](=O)[O-])S(C)(=O)=O. The fourth-order valence-electron chi connectivity index (χ4n) is 1.59. The molecule has 0 N–H and O–H groups in total. The Morgan fingerprint density at radius 1 is 1.48 bits per heavy atom. The van der Waals surface area contributed by atoms with Crippen LogP contribution < -0.4 is 4.31 Å². The lowest BCUT2D eigenvalue weighted by Crippen LogP contribution is -2.36. The van der Waals surface area contributed by atoms with Gasteiger partial charge in [0.05, 0.1) is 22.3 Å². The van der Waals surface area contributed by atoms with E-state index in [1.165, 1.54) is 18.2 Å². The number of sulfonamides is 1. The molecule has 0 aromatic heterocycles. The molecule has 116 valence electrons. The number of para-hydroxylation sites is 1. The van der Waals surface area contributed by atoms with Crippen molar-refractivity contribution in [1.29, 1.82) is 0 Å². The molecule has 0 saturated heterocycles. The van der Waals surface area contributed by atoms with E-state index in [-0.39, 0.29) is 16.8 Å². The van der Waals surface area contributed by atoms with E-state index >= 15 is 0 Å². The Labute approximate surface area is 130 Å². The van der Waals surface area contributed by atoms with Gasteiger partial charge in [0.25, 0.3) is 0 Å². The summed E-state index contributed by atoms with van der Waals surface area (Å²) in [6, 6.07) is 4.10. The van der Waals surface area contributed by atoms with Crippen LogP contribution in [0.4, 0.5) is 11.4 Å². The second-order valence-electron chi connectivity index (χ2n) is 3.94. The molecule has 0 unspecified atom stereocenters. The summed E-state index contributed by atoms with van der Waals surface area (Å²) in [5.74, 6) is -0.794. The van der Waals surface area contributed by atoms with Crippen molar-refractivity contribution in [1.82, 2.24) is 0 Å². The summed E-state index contributed by atoms with van der Waals surface area (Å²) in [6.07, 6.45) is 0.858. The lowest BCUT2D eigenvalue weighted by Gasteiger charge is -2.21. The second-order valence-corrected chi connectivity index (χ2v) is 6.70. The number of carbonyl (C=O) groups excluding carboxylic acids is 1. The molecule has 0 bridgehead atoms. The van der Waals surface area contributed by atoms with Gasteiger partial charge in [-0.3, -0.25) is 19.2 Å². The van der Waals surface area contributed by atoms with Crippen LogP contribution in [-0.4, -0.2) is 38.7 Å². The molecular formula is C11H13BrN2O6S. The summed E-state index contributed by atoms with van der Waals surface area (Å²) < 4.78 is 29.1. The van der Waals surface area contributed by atoms with E-state index in [2.05, 4.69) is 15.9 Å². The highest BCUT2D eigenvalue weighted by Gasteiger charge is 2.29. The Bertz CT molecular complexity index is 661. The Hall–Kier alpha value is -1.68. The Kier molecular flexibility index (Phi) is 5.67. The Balaban J connectivity index is 3.38. The highest BCUT2D eigenvalue weighted by atomic mass is 79.9. The number of nitro benzene ring substituents is 1. The van der Waals surface area contributed by atoms with Crippen LogP contribution in [0.15, 0.2) is 22.7 Å². The molecular weight excluding hydrogens is 368 g/mol. The van der Waals surface area contributed by atoms with Gasteiger partial charge in [-0.05, 0) is 35.0 Å². The first kappa shape index (κ1) is 17.4. The lowest BCUT2D eigenvalue weighted by atomic mass is 10.2. The molecule has 21 heavy (non-hydrogen) atoms. The highest BCUT2D eigenvalue weighted by molar-refractivity contribution is 9.10. The zero-order chi connectivity index (χ0) is 16.2. The van der Waals surface area contributed by atoms with E-state index in [1.807, 2.05) is 0 Å². The van der Waals surface area contributed by atoms with Crippen molar-refractivity contribution in [2.45, 2.75) is 6.92 Å². The zero-order valence-electron chi connectivity index (χ0n) is 11.3. The normalized spacial score (nSPS) is 11.0. The largest absolute Gasteiger partial charge is 0.465 e. The monoisotopic (exact) mass is 380 g/mol. The number of ether oxygens (including phenoxy) is 1. The third-order valence-corrected chi connectivity index (χ3v) is 4.16. The minimum atomic E-state index is -3.90. The quantitative estimate of drug-likeness (QED) is 0.422. The van der Waals surface area contributed by atoms with E-state index in [0.717, 1.165) is 6.26 Å². The number of hydrogen-bond donors (Lipinski definition) is 0. The van der Waals surface area contributed by atoms with Crippen molar-refractivity contribution in [3.05, 3.63) is 32.8 Å². The van der Waals surface area contributed by atoms with Gasteiger partial charge in [0.15, 0.2) is 0 Å². The van der Waals surface area contributed by atoms with Crippen molar-refractivity contribution >= 4 is 43.3 Å². The average Bonchev–Trinajstić information content (AvgIpc) is 2.34. The van der Waals surface area contributed by atoms with Gasteiger partial charge in [0.2, 0.25) is 10.0 Å². The molecule has 0 aliphatic carbocycles. The first-order valence-electron chi connectivity index (χ1n) is 5.74. The van der Waals surface area contributed by atoms with Gasteiger partial charge in [-0.15, -0.1) is 0 Å². The van der Waals surface area contributed by atoms with Gasteiger partial charge in [0, 0.05) is 0 Å². The maximum atomic E-state index is 11.8. The van der Waals surface area contributed by atoms with Crippen molar-refractivity contribution in [3.8, 4) is 0 Å². The third-order valence-electron chi connectivity index (χ3n) is 2.40. The number of anilines is 1. The standard InChI is InChI=1S/C11H13BrN2O6S/c1-3-20-10(15)7-13(21(2,18)19)9-6-4-5-8(12)11(9)14(16)17/h4-6H,3,7H2,1-2H3. The molecule has 0 aliphatic rings. The number of rotatable bonds is 6. The molecule has 0 heterocycles. The van der Waals surface area contributed by atoms with Gasteiger partial charge < -0.3 is 4.74 Å². The zero-order valence-corrected chi connectivity index (χ0v) is 13.7. The van der Waals surface area contributed by atoms with Gasteiger partial charge in [-0.25, -0.2) is 8.42 Å². The molecule has 0 atom stereocenters. The Morgan fingerprint density at radius 2 is 2.10 bits per heavy atom. The van der Waals surface area contributed by atoms with E-state index in [0.29, 0.717) is 4.31 Å². The van der Waals surface area contributed by atoms with Crippen LogP contribution >= 0.6 is 15.9 Å². The molecule has 8 nitrogen and oxygen atoms in total. The summed E-state index contributed by atoms with van der Waals surface area (Å²) in [5.41, 5.74) is -0.642. The van der Waals surface area contributed by atoms with Gasteiger partial charge in [-0.2, -0.15) is 0 Å². The van der Waals surface area contributed by atoms with Gasteiger partial charge in [-0.1, -0.05) is 6.07 Å². The van der Waals surface area contributed by atoms with Crippen molar-refractivity contribution in [2.24, 2.45) is 0 Å². The number of nitro groups is 1. The van der Waals surface area contributed by atoms with E-state index in [4.69, 9.17) is 4.74 Å². The van der Waals surface area contributed by atoms with Crippen molar-refractivity contribution < 1.29 is 22.9 Å². The predicted molar refractivity (Wildman–Crippen MR) is 79.6 cm³/mol. The Morgan fingerprint density at radius 3 is 2.57 bits per heavy atom. The molecule has 0 radical (unpaired) electrons. The van der Waals surface area contributed by atoms with Crippen LogP contribution in [0.5, 0.6) is 0 Å². The first-order chi connectivity index (χ1) is 9.68. The van der Waals surface area contributed by atoms with Gasteiger partial charge in [0.1, 0.15) is 12.2 Å². The van der Waals surface area contributed by atoms with Crippen molar-refractivity contribution in [3.63, 3.8) is 0 Å². The second kappa shape index (κ2) is 6.85. The molecule has 1 aromatic rings. The molecule has 0 spiro atoms.